The summed E-state index contributed by atoms with van der Waals surface area (Å²) >= 11 is 3.20. The second kappa shape index (κ2) is 9.90. The number of aryl methyl sites for hydroxylation is 1. The second-order valence-electron chi connectivity index (χ2n) is 8.90. The molecule has 0 aliphatic carbocycles. The van der Waals surface area contributed by atoms with Crippen molar-refractivity contribution < 1.29 is 4.79 Å². The lowest BCUT2D eigenvalue weighted by Crippen LogP contribution is -2.34. The lowest BCUT2D eigenvalue weighted by atomic mass is 9.87. The minimum absolute atomic E-state index is 0.0544. The topological polar surface area (TPSA) is 88.9 Å². The van der Waals surface area contributed by atoms with E-state index in [9.17, 15) is 9.59 Å². The summed E-state index contributed by atoms with van der Waals surface area (Å²) in [7, 11) is 0. The van der Waals surface area contributed by atoms with Gasteiger partial charge in [0.25, 0.3) is 5.56 Å². The summed E-state index contributed by atoms with van der Waals surface area (Å²) in [5.41, 5.74) is 3.32. The number of aromatic nitrogens is 3. The van der Waals surface area contributed by atoms with Gasteiger partial charge in [0.05, 0.1) is 22.0 Å². The predicted molar refractivity (Wildman–Crippen MR) is 140 cm³/mol. The fourth-order valence-electron chi connectivity index (χ4n) is 3.37. The Labute approximate surface area is 206 Å². The van der Waals surface area contributed by atoms with Crippen LogP contribution < -0.4 is 16.2 Å². The Morgan fingerprint density at radius 3 is 2.53 bits per heavy atom. The van der Waals surface area contributed by atoms with Crippen molar-refractivity contribution in [2.24, 2.45) is 0 Å². The van der Waals surface area contributed by atoms with Crippen molar-refractivity contribution in [3.05, 3.63) is 75.5 Å². The lowest BCUT2D eigenvalue weighted by molar-refractivity contribution is 0.251. The molecule has 0 bridgehead atoms. The monoisotopic (exact) mass is 493 g/mol. The first-order valence-electron chi connectivity index (χ1n) is 11.0. The molecule has 0 radical (unpaired) electrons. The van der Waals surface area contributed by atoms with Crippen LogP contribution in [0.25, 0.3) is 20.5 Å². The number of thiazole rings is 1. The van der Waals surface area contributed by atoms with Crippen LogP contribution in [0.4, 0.5) is 10.5 Å². The van der Waals surface area contributed by atoms with Crippen LogP contribution in [0.3, 0.4) is 0 Å². The SMILES string of the molecule is Cc1nc(-c2cccs2)sc1-c1ccc(=O)n(CCNC(=O)Nc2ccc(C(C)(C)C)cc2)n1. The summed E-state index contributed by atoms with van der Waals surface area (Å²) in [5.74, 6) is 0. The maximum atomic E-state index is 12.3. The molecule has 4 aromatic rings. The third-order valence-corrected chi connectivity index (χ3v) is 7.46. The molecule has 34 heavy (non-hydrogen) atoms. The first kappa shape index (κ1) is 23.8. The van der Waals surface area contributed by atoms with Crippen LogP contribution in [0.5, 0.6) is 0 Å². The molecule has 0 aliphatic heterocycles. The minimum atomic E-state index is -0.327. The zero-order valence-corrected chi connectivity index (χ0v) is 21.2. The van der Waals surface area contributed by atoms with E-state index in [1.807, 2.05) is 48.7 Å². The van der Waals surface area contributed by atoms with Gasteiger partial charge in [0, 0.05) is 18.3 Å². The molecule has 0 saturated heterocycles. The molecule has 2 amide bonds. The molecule has 3 heterocycles. The highest BCUT2D eigenvalue weighted by molar-refractivity contribution is 7.23. The molecule has 7 nitrogen and oxygen atoms in total. The van der Waals surface area contributed by atoms with Crippen molar-refractivity contribution in [3.63, 3.8) is 0 Å². The van der Waals surface area contributed by atoms with Gasteiger partial charge in [-0.2, -0.15) is 5.10 Å². The number of hydrogen-bond acceptors (Lipinski definition) is 6. The number of nitrogens with one attached hydrogen (secondary N) is 2. The smallest absolute Gasteiger partial charge is 0.319 e. The van der Waals surface area contributed by atoms with Crippen LogP contribution in [0.1, 0.15) is 32.0 Å². The van der Waals surface area contributed by atoms with Gasteiger partial charge < -0.3 is 10.6 Å². The van der Waals surface area contributed by atoms with Crippen molar-refractivity contribution in [2.45, 2.75) is 39.7 Å². The first-order valence-corrected chi connectivity index (χ1v) is 12.7. The highest BCUT2D eigenvalue weighted by Gasteiger charge is 2.15. The average molecular weight is 494 g/mol. The third kappa shape index (κ3) is 5.60. The normalized spacial score (nSPS) is 11.4. The van der Waals surface area contributed by atoms with Gasteiger partial charge in [0.2, 0.25) is 0 Å². The Morgan fingerprint density at radius 1 is 1.09 bits per heavy atom. The van der Waals surface area contributed by atoms with E-state index in [1.54, 1.807) is 28.7 Å². The summed E-state index contributed by atoms with van der Waals surface area (Å²) in [6.07, 6.45) is 0. The largest absolute Gasteiger partial charge is 0.336 e. The van der Waals surface area contributed by atoms with Crippen LogP contribution in [0.2, 0.25) is 0 Å². The quantitative estimate of drug-likeness (QED) is 0.370. The van der Waals surface area contributed by atoms with Gasteiger partial charge in [-0.25, -0.2) is 14.5 Å². The van der Waals surface area contributed by atoms with Gasteiger partial charge in [0.1, 0.15) is 10.7 Å². The minimum Gasteiger partial charge on any atom is -0.336 e. The Balaban J connectivity index is 1.38. The van der Waals surface area contributed by atoms with Gasteiger partial charge in [-0.1, -0.05) is 39.0 Å². The van der Waals surface area contributed by atoms with Crippen LogP contribution in [0.15, 0.2) is 58.7 Å². The average Bonchev–Trinajstić information content (AvgIpc) is 3.45. The predicted octanol–water partition coefficient (Wildman–Crippen LogP) is 5.52. The fraction of sp³-hybridized carbons (Fsp3) is 0.280. The molecular weight excluding hydrogens is 466 g/mol. The van der Waals surface area contributed by atoms with Crippen LogP contribution in [0, 0.1) is 6.92 Å². The molecule has 0 saturated carbocycles. The number of anilines is 1. The van der Waals surface area contributed by atoms with Crippen molar-refractivity contribution in [1.29, 1.82) is 0 Å². The zero-order valence-electron chi connectivity index (χ0n) is 19.6. The Bertz CT molecular complexity index is 1330. The number of carbonyl (C=O) groups is 1. The number of rotatable bonds is 6. The molecule has 1 aromatic carbocycles. The Hall–Kier alpha value is -3.30. The molecule has 0 atom stereocenters. The number of nitrogens with zero attached hydrogens (tertiary/aromatic N) is 3. The summed E-state index contributed by atoms with van der Waals surface area (Å²) in [5, 5.41) is 13.1. The maximum absolute atomic E-state index is 12.3. The van der Waals surface area contributed by atoms with E-state index in [-0.39, 0.29) is 30.1 Å². The van der Waals surface area contributed by atoms with E-state index >= 15 is 0 Å². The molecule has 9 heteroatoms. The highest BCUT2D eigenvalue weighted by atomic mass is 32.1. The molecule has 2 N–H and O–H groups in total. The van der Waals surface area contributed by atoms with Crippen LogP contribution >= 0.6 is 22.7 Å². The van der Waals surface area contributed by atoms with Crippen LogP contribution in [-0.4, -0.2) is 27.3 Å². The Kier molecular flexibility index (Phi) is 6.95. The molecule has 176 valence electrons. The first-order chi connectivity index (χ1) is 16.2. The van der Waals surface area contributed by atoms with E-state index < -0.39 is 0 Å². The summed E-state index contributed by atoms with van der Waals surface area (Å²) < 4.78 is 1.37. The summed E-state index contributed by atoms with van der Waals surface area (Å²) in [4.78, 5) is 31.3. The maximum Gasteiger partial charge on any atom is 0.319 e. The van der Waals surface area contributed by atoms with Crippen molar-refractivity contribution >= 4 is 34.4 Å². The van der Waals surface area contributed by atoms with E-state index in [4.69, 9.17) is 0 Å². The van der Waals surface area contributed by atoms with Crippen molar-refractivity contribution in [2.75, 3.05) is 11.9 Å². The molecule has 0 spiro atoms. The Morgan fingerprint density at radius 2 is 1.85 bits per heavy atom. The van der Waals surface area contributed by atoms with Crippen molar-refractivity contribution in [3.8, 4) is 20.5 Å². The lowest BCUT2D eigenvalue weighted by Gasteiger charge is -2.19. The van der Waals surface area contributed by atoms with E-state index in [0.29, 0.717) is 11.4 Å². The fourth-order valence-corrected chi connectivity index (χ4v) is 5.20. The van der Waals surface area contributed by atoms with Gasteiger partial charge in [-0.3, -0.25) is 4.79 Å². The second-order valence-corrected chi connectivity index (χ2v) is 10.8. The van der Waals surface area contributed by atoms with Gasteiger partial charge in [-0.15, -0.1) is 22.7 Å². The standard InChI is InChI=1S/C25H27N5O2S2/c1-16-22(34-23(27-16)20-6-5-15-33-20)19-11-12-21(31)30(29-19)14-13-26-24(32)28-18-9-7-17(8-10-18)25(2,3)4/h5-12,15H,13-14H2,1-4H3,(H2,26,28,32). The molecule has 0 fully saturated rings. The van der Waals surface area contributed by atoms with Gasteiger partial charge in [-0.05, 0) is 47.5 Å². The number of hydrogen-bond donors (Lipinski definition) is 2. The molecule has 4 rings (SSSR count). The van der Waals surface area contributed by atoms with Crippen LogP contribution in [-0.2, 0) is 12.0 Å². The number of benzene rings is 1. The zero-order chi connectivity index (χ0) is 24.3. The van der Waals surface area contributed by atoms with E-state index in [2.05, 4.69) is 41.5 Å². The van der Waals surface area contributed by atoms with Gasteiger partial charge >= 0.3 is 6.03 Å². The highest BCUT2D eigenvalue weighted by Crippen LogP contribution is 2.35. The number of urea groups is 1. The third-order valence-electron chi connectivity index (χ3n) is 5.25. The molecular formula is C25H27N5O2S2. The van der Waals surface area contributed by atoms with Gasteiger partial charge in [0.15, 0.2) is 0 Å². The molecule has 3 aromatic heterocycles. The van der Waals surface area contributed by atoms with Crippen molar-refractivity contribution in [1.82, 2.24) is 20.1 Å². The summed E-state index contributed by atoms with van der Waals surface area (Å²) in [6, 6.07) is 14.7. The number of amides is 2. The molecule has 0 unspecified atom stereocenters. The number of thiophene rings is 1. The summed E-state index contributed by atoms with van der Waals surface area (Å²) in [6.45, 7) is 8.91. The number of carbonyl (C=O) groups excluding carboxylic acids is 1. The molecule has 0 aliphatic rings. The van der Waals surface area contributed by atoms with E-state index in [0.717, 1.165) is 20.5 Å². The van der Waals surface area contributed by atoms with E-state index in [1.165, 1.54) is 16.3 Å².